The molecule has 17 unspecified atom stereocenters. The zero-order valence-corrected chi connectivity index (χ0v) is 43.0. The third-order valence-corrected chi connectivity index (χ3v) is 13.9. The predicted molar refractivity (Wildman–Crippen MR) is 257 cm³/mol. The Morgan fingerprint density at radius 1 is 0.750 bits per heavy atom. The molecule has 0 saturated carbocycles. The van der Waals surface area contributed by atoms with Crippen molar-refractivity contribution in [1.29, 1.82) is 0 Å². The number of methoxy groups -OCH3 is 7. The van der Waals surface area contributed by atoms with E-state index in [1.54, 1.807) is 47.5 Å². The summed E-state index contributed by atoms with van der Waals surface area (Å²) >= 11 is 0. The molecule has 0 fully saturated rings. The molecule has 16 nitrogen and oxygen atoms in total. The molecule has 2 bridgehead atoms. The Kier molecular flexibility index (Phi) is 27.5. The maximum absolute atomic E-state index is 13.7. The van der Waals surface area contributed by atoms with Crippen molar-refractivity contribution >= 4 is 23.7 Å². The van der Waals surface area contributed by atoms with Crippen molar-refractivity contribution in [3.8, 4) is 0 Å². The number of hydrogen-bond acceptors (Lipinski definition) is 15. The van der Waals surface area contributed by atoms with Crippen LogP contribution in [-0.4, -0.2) is 156 Å². The lowest BCUT2D eigenvalue weighted by molar-refractivity contribution is -0.162. The van der Waals surface area contributed by atoms with Gasteiger partial charge in [-0.2, -0.15) is 0 Å². The van der Waals surface area contributed by atoms with Crippen LogP contribution in [0, 0.1) is 35.5 Å². The zero-order chi connectivity index (χ0) is 51.2. The first-order chi connectivity index (χ1) is 32.2. The van der Waals surface area contributed by atoms with Crippen LogP contribution in [0.25, 0.3) is 0 Å². The number of ether oxygens (including phenoxy) is 9. The number of carbonyl (C=O) groups excluding carboxylic acids is 3. The van der Waals surface area contributed by atoms with Gasteiger partial charge in [-0.05, 0) is 32.1 Å². The Balaban J connectivity index is 2.57. The van der Waals surface area contributed by atoms with Crippen molar-refractivity contribution < 1.29 is 77.1 Å². The summed E-state index contributed by atoms with van der Waals surface area (Å²) in [6, 6.07) is 0. The van der Waals surface area contributed by atoms with Gasteiger partial charge in [0.2, 0.25) is 0 Å². The molecule has 0 aromatic heterocycles. The van der Waals surface area contributed by atoms with E-state index < -0.39 is 96.9 Å². The molecule has 0 aromatic rings. The van der Waals surface area contributed by atoms with Crippen LogP contribution in [0.5, 0.6) is 0 Å². The number of carbonyl (C=O) groups is 4. The standard InChI is InChI=1S/C52H84O16/c1-30-16-15-17-46(57)67-50(36(7)49(65-13)32(3)20-23-40(53)34(5)42(62-10)24-25-45(55)56)33(4)19-22-37(60-8)27-41(54)31(2)18-21-38(61-9)28-43(63-11)35(6)51-48(59)39(29-47(58)68-51)52(66-14)44(26-30)64-12/h15-19,21-22,29,31-38,41-44,48-52,54,59H,20,23-28H2,1-14H3,(H,55,56). The van der Waals surface area contributed by atoms with E-state index in [-0.39, 0.29) is 55.1 Å². The summed E-state index contributed by atoms with van der Waals surface area (Å²) in [5, 5.41) is 32.3. The summed E-state index contributed by atoms with van der Waals surface area (Å²) in [5.41, 5.74) is 1.11. The van der Waals surface area contributed by atoms with E-state index in [0.717, 1.165) is 5.57 Å². The average molecular weight is 965 g/mol. The predicted octanol–water partition coefficient (Wildman–Crippen LogP) is 6.41. The van der Waals surface area contributed by atoms with E-state index >= 15 is 0 Å². The minimum absolute atomic E-state index is 0.0411. The minimum Gasteiger partial charge on any atom is -0.481 e. The first-order valence-corrected chi connectivity index (χ1v) is 23.8. The van der Waals surface area contributed by atoms with Gasteiger partial charge in [0, 0.05) is 123 Å². The lowest BCUT2D eigenvalue weighted by Crippen LogP contribution is -2.50. The van der Waals surface area contributed by atoms with Gasteiger partial charge in [-0.15, -0.1) is 0 Å². The highest BCUT2D eigenvalue weighted by Gasteiger charge is 2.43. The molecular formula is C52H84O16. The summed E-state index contributed by atoms with van der Waals surface area (Å²) in [6.07, 6.45) is 7.55. The molecule has 388 valence electrons. The molecule has 0 radical (unpaired) electrons. The summed E-state index contributed by atoms with van der Waals surface area (Å²) in [7, 11) is 10.8. The number of cyclic esters (lactones) is 1. The van der Waals surface area contributed by atoms with Gasteiger partial charge in [0.25, 0.3) is 0 Å². The number of carboxylic acid groups (broad SMARTS) is 1. The normalized spacial score (nSPS) is 31.9. The van der Waals surface area contributed by atoms with Gasteiger partial charge in [-0.3, -0.25) is 9.59 Å². The van der Waals surface area contributed by atoms with Gasteiger partial charge >= 0.3 is 17.9 Å². The number of allylic oxidation sites excluding steroid dienone is 2. The Labute approximate surface area is 405 Å². The van der Waals surface area contributed by atoms with E-state index in [1.165, 1.54) is 33.5 Å². The summed E-state index contributed by atoms with van der Waals surface area (Å²) in [6.45, 7) is 13.2. The number of aliphatic hydroxyl groups excluding tert-OH is 2. The van der Waals surface area contributed by atoms with Crippen LogP contribution >= 0.6 is 0 Å². The second-order valence-corrected chi connectivity index (χ2v) is 18.6. The van der Waals surface area contributed by atoms with E-state index in [4.69, 9.17) is 47.7 Å². The molecule has 2 aliphatic heterocycles. The largest absolute Gasteiger partial charge is 0.481 e. The van der Waals surface area contributed by atoms with E-state index in [0.29, 0.717) is 24.8 Å². The lowest BCUT2D eigenvalue weighted by atomic mass is 9.81. The van der Waals surface area contributed by atoms with E-state index in [9.17, 15) is 29.4 Å². The molecule has 68 heavy (non-hydrogen) atoms. The molecule has 0 spiro atoms. The van der Waals surface area contributed by atoms with E-state index in [2.05, 4.69) is 0 Å². The van der Waals surface area contributed by atoms with Gasteiger partial charge in [0.15, 0.2) is 0 Å². The quantitative estimate of drug-likeness (QED) is 0.100. The summed E-state index contributed by atoms with van der Waals surface area (Å²) in [5.74, 6) is -4.40. The Hall–Kier alpha value is -3.58. The fourth-order valence-corrected chi connectivity index (χ4v) is 9.37. The zero-order valence-electron chi connectivity index (χ0n) is 43.0. The molecular weight excluding hydrogens is 881 g/mol. The topological polar surface area (TPSA) is 212 Å². The number of hydrogen-bond donors (Lipinski definition) is 3. The number of fused-ring (bicyclic) bond motifs is 2. The minimum atomic E-state index is -1.25. The van der Waals surface area contributed by atoms with E-state index in [1.807, 2.05) is 65.8 Å². The Morgan fingerprint density at radius 3 is 1.93 bits per heavy atom. The molecule has 16 heteroatoms. The first kappa shape index (κ1) is 60.5. The van der Waals surface area contributed by atoms with Gasteiger partial charge < -0.3 is 58.0 Å². The number of aliphatic carboxylic acids is 1. The van der Waals surface area contributed by atoms with Crippen LogP contribution < -0.4 is 0 Å². The van der Waals surface area contributed by atoms with Crippen LogP contribution in [0.4, 0.5) is 0 Å². The van der Waals surface area contributed by atoms with Crippen LogP contribution in [0.3, 0.4) is 0 Å². The third-order valence-electron chi connectivity index (χ3n) is 13.9. The van der Waals surface area contributed by atoms with Crippen molar-refractivity contribution in [3.63, 3.8) is 0 Å². The maximum atomic E-state index is 13.7. The number of aliphatic hydroxyl groups is 2. The van der Waals surface area contributed by atoms with Crippen LogP contribution in [0.2, 0.25) is 0 Å². The van der Waals surface area contributed by atoms with Gasteiger partial charge in [0.1, 0.15) is 30.2 Å². The smallest absolute Gasteiger partial charge is 0.331 e. The maximum Gasteiger partial charge on any atom is 0.331 e. The average Bonchev–Trinajstić information content (AvgIpc) is 3.31. The monoisotopic (exact) mass is 965 g/mol. The number of esters is 2. The second kappa shape index (κ2) is 30.9. The molecule has 2 heterocycles. The van der Waals surface area contributed by atoms with Crippen LogP contribution in [0.15, 0.2) is 59.8 Å². The molecule has 17 atom stereocenters. The highest BCUT2D eigenvalue weighted by Crippen LogP contribution is 2.34. The fourth-order valence-electron chi connectivity index (χ4n) is 9.37. The molecule has 3 N–H and O–H groups in total. The van der Waals surface area contributed by atoms with Crippen molar-refractivity contribution in [1.82, 2.24) is 0 Å². The van der Waals surface area contributed by atoms with Gasteiger partial charge in [-0.1, -0.05) is 83.6 Å². The molecule has 0 aromatic carbocycles. The molecule has 0 aliphatic carbocycles. The van der Waals surface area contributed by atoms with Crippen molar-refractivity contribution in [2.45, 2.75) is 161 Å². The molecule has 0 saturated heterocycles. The molecule has 2 aliphatic rings. The Bertz CT molecular complexity index is 1700. The summed E-state index contributed by atoms with van der Waals surface area (Å²) in [4.78, 5) is 51.3. The van der Waals surface area contributed by atoms with Crippen LogP contribution in [0.1, 0.15) is 93.4 Å². The highest BCUT2D eigenvalue weighted by molar-refractivity contribution is 5.84. The molecule has 0 amide bonds. The SMILES string of the molecule is COC1C=CC(C)C(C(C)C(OC)C(C)CCC(=O)C(C)C(CCC(=O)O)OC)OC(=O)C=CC=C(C)CC(OC)C(OC)C2=CC(=O)OC(C2O)C(C)C(OC)CC(OC)C=CC(C)C(O)C1. The summed E-state index contributed by atoms with van der Waals surface area (Å²) < 4.78 is 52.8. The van der Waals surface area contributed by atoms with Gasteiger partial charge in [0.05, 0.1) is 42.7 Å². The molecule has 2 rings (SSSR count). The van der Waals surface area contributed by atoms with Crippen molar-refractivity contribution in [2.24, 2.45) is 35.5 Å². The first-order valence-electron chi connectivity index (χ1n) is 23.8. The Morgan fingerprint density at radius 2 is 1.37 bits per heavy atom. The van der Waals surface area contributed by atoms with Crippen LogP contribution in [-0.2, 0) is 61.8 Å². The van der Waals surface area contributed by atoms with Crippen molar-refractivity contribution in [3.05, 3.63) is 59.8 Å². The number of Topliss-reactive ketones (excluding diaryl/α,β-unsaturated/α-hetero) is 1. The second-order valence-electron chi connectivity index (χ2n) is 18.6. The fraction of sp³-hybridized carbons (Fsp3) is 0.731. The number of carboxylic acids is 1. The number of rotatable bonds is 18. The van der Waals surface area contributed by atoms with Crippen molar-refractivity contribution in [2.75, 3.05) is 49.8 Å². The highest BCUT2D eigenvalue weighted by atomic mass is 16.6. The number of ketones is 1. The lowest BCUT2D eigenvalue weighted by Gasteiger charge is -2.39. The third kappa shape index (κ3) is 18.6. The van der Waals surface area contributed by atoms with Gasteiger partial charge in [-0.25, -0.2) is 9.59 Å².